The largest absolute Gasteiger partial charge is 0.462 e. The van der Waals surface area contributed by atoms with E-state index in [-0.39, 0.29) is 18.7 Å². The van der Waals surface area contributed by atoms with Crippen molar-refractivity contribution in [3.63, 3.8) is 0 Å². The average molecular weight is 449 g/mol. The minimum absolute atomic E-state index is 0.0171. The fourth-order valence-electron chi connectivity index (χ4n) is 3.99. The van der Waals surface area contributed by atoms with E-state index in [1.165, 1.54) is 6.08 Å². The van der Waals surface area contributed by atoms with Crippen LogP contribution >= 0.6 is 0 Å². The summed E-state index contributed by atoms with van der Waals surface area (Å²) in [5.41, 5.74) is 14.9. The van der Waals surface area contributed by atoms with Crippen molar-refractivity contribution in [2.75, 3.05) is 18.1 Å². The van der Waals surface area contributed by atoms with Crippen LogP contribution in [0.1, 0.15) is 53.6 Å². The van der Waals surface area contributed by atoms with Crippen molar-refractivity contribution in [3.05, 3.63) is 77.9 Å². The first-order chi connectivity index (χ1) is 15.9. The summed E-state index contributed by atoms with van der Waals surface area (Å²) >= 11 is 0. The summed E-state index contributed by atoms with van der Waals surface area (Å²) in [6, 6.07) is 12.2. The Hall–Kier alpha value is -3.54. The number of anilines is 2. The number of hydrogen-bond donors (Lipinski definition) is 2. The van der Waals surface area contributed by atoms with Gasteiger partial charge >= 0.3 is 11.9 Å². The number of carbonyl (C=O) groups is 2. The number of nitrogen functional groups attached to an aromatic ring is 2. The monoisotopic (exact) mass is 448 g/mol. The van der Waals surface area contributed by atoms with E-state index in [0.29, 0.717) is 29.3 Å². The van der Waals surface area contributed by atoms with Gasteiger partial charge < -0.3 is 20.9 Å². The van der Waals surface area contributed by atoms with E-state index >= 15 is 0 Å². The second kappa shape index (κ2) is 11.9. The van der Waals surface area contributed by atoms with Gasteiger partial charge in [0.05, 0.1) is 12.2 Å². The first-order valence-corrected chi connectivity index (χ1v) is 11.3. The van der Waals surface area contributed by atoms with Gasteiger partial charge in [0.2, 0.25) is 0 Å². The molecule has 0 unspecified atom stereocenters. The van der Waals surface area contributed by atoms with E-state index in [4.69, 9.17) is 20.9 Å². The molecule has 1 fully saturated rings. The highest BCUT2D eigenvalue weighted by molar-refractivity contribution is 5.90. The van der Waals surface area contributed by atoms with Crippen molar-refractivity contribution in [2.45, 2.75) is 44.6 Å². The van der Waals surface area contributed by atoms with Crippen molar-refractivity contribution >= 4 is 29.4 Å². The van der Waals surface area contributed by atoms with Gasteiger partial charge in [-0.15, -0.1) is 6.58 Å². The number of rotatable bonds is 9. The van der Waals surface area contributed by atoms with Crippen molar-refractivity contribution < 1.29 is 19.1 Å². The fraction of sp³-hybridized carbons (Fsp3) is 0.333. The molecule has 0 heterocycles. The Balaban J connectivity index is 1.42. The number of esters is 2. The second-order valence-electron chi connectivity index (χ2n) is 8.40. The maximum atomic E-state index is 12.4. The Kier molecular flexibility index (Phi) is 8.70. The van der Waals surface area contributed by atoms with Crippen molar-refractivity contribution in [2.24, 2.45) is 5.92 Å². The van der Waals surface area contributed by atoms with Crippen LogP contribution in [0.25, 0.3) is 6.08 Å². The van der Waals surface area contributed by atoms with Crippen LogP contribution < -0.4 is 11.5 Å². The molecule has 1 aliphatic rings. The van der Waals surface area contributed by atoms with E-state index in [1.807, 2.05) is 12.1 Å². The smallest absolute Gasteiger partial charge is 0.338 e. The van der Waals surface area contributed by atoms with Crippen LogP contribution in [0.4, 0.5) is 11.4 Å². The molecule has 33 heavy (non-hydrogen) atoms. The predicted octanol–water partition coefficient (Wildman–Crippen LogP) is 4.94. The lowest BCUT2D eigenvalue weighted by Crippen LogP contribution is -2.24. The van der Waals surface area contributed by atoms with Crippen LogP contribution in [0.2, 0.25) is 0 Å². The van der Waals surface area contributed by atoms with E-state index in [0.717, 1.165) is 43.2 Å². The lowest BCUT2D eigenvalue weighted by Gasteiger charge is -2.27. The third-order valence-corrected chi connectivity index (χ3v) is 5.91. The lowest BCUT2D eigenvalue weighted by atomic mass is 9.85. The highest BCUT2D eigenvalue weighted by atomic mass is 16.5. The molecular formula is C27H32N2O4. The predicted molar refractivity (Wildman–Crippen MR) is 131 cm³/mol. The lowest BCUT2D eigenvalue weighted by molar-refractivity contribution is -0.137. The molecule has 0 amide bonds. The molecule has 0 bridgehead atoms. The van der Waals surface area contributed by atoms with Gasteiger partial charge in [-0.3, -0.25) is 0 Å². The van der Waals surface area contributed by atoms with Crippen molar-refractivity contribution in [1.82, 2.24) is 0 Å². The fourth-order valence-corrected chi connectivity index (χ4v) is 3.99. The Morgan fingerprint density at radius 1 is 1.03 bits per heavy atom. The summed E-state index contributed by atoms with van der Waals surface area (Å²) in [6.07, 6.45) is 10.4. The zero-order valence-electron chi connectivity index (χ0n) is 18.9. The highest BCUT2D eigenvalue weighted by Crippen LogP contribution is 2.29. The Morgan fingerprint density at radius 3 is 2.42 bits per heavy atom. The van der Waals surface area contributed by atoms with E-state index < -0.39 is 5.97 Å². The third-order valence-electron chi connectivity index (χ3n) is 5.91. The molecule has 0 spiro atoms. The number of carbonyl (C=O) groups excluding carboxylic acids is 2. The topological polar surface area (TPSA) is 105 Å². The molecule has 174 valence electrons. The van der Waals surface area contributed by atoms with Crippen molar-refractivity contribution in [3.8, 4) is 0 Å². The summed E-state index contributed by atoms with van der Waals surface area (Å²) in [5, 5.41) is 0. The standard InChI is InChI=1S/C27H32N2O4/c1-2-3-19-6-13-24(14-7-19)33-27(31)22-9-4-20(5-10-22)8-15-26(30)32-17-16-21-11-12-23(28)18-25(21)29/h2,4-5,8-12,15,18-19,24H,1,3,6-7,13-14,16-17,28-29H2. The van der Waals surface area contributed by atoms with Crippen molar-refractivity contribution in [1.29, 1.82) is 0 Å². The van der Waals surface area contributed by atoms with Gasteiger partial charge in [0.1, 0.15) is 6.10 Å². The summed E-state index contributed by atoms with van der Waals surface area (Å²) in [6.45, 7) is 4.02. The number of hydrogen-bond acceptors (Lipinski definition) is 6. The average Bonchev–Trinajstić information content (AvgIpc) is 2.81. The van der Waals surface area contributed by atoms with Gasteiger partial charge in [-0.2, -0.15) is 0 Å². The summed E-state index contributed by atoms with van der Waals surface area (Å²) in [7, 11) is 0. The molecule has 1 aliphatic carbocycles. The van der Waals surface area contributed by atoms with Gasteiger partial charge in [0, 0.05) is 23.9 Å². The van der Waals surface area contributed by atoms with Crippen LogP contribution in [0.3, 0.4) is 0 Å². The molecule has 0 saturated heterocycles. The number of nitrogens with two attached hydrogens (primary N) is 2. The molecular weight excluding hydrogens is 416 g/mol. The van der Waals surface area contributed by atoms with Gasteiger partial charge in [-0.05, 0) is 79.5 Å². The van der Waals surface area contributed by atoms with Gasteiger partial charge in [-0.1, -0.05) is 24.3 Å². The molecule has 2 aromatic rings. The summed E-state index contributed by atoms with van der Waals surface area (Å²) < 4.78 is 10.9. The number of allylic oxidation sites excluding steroid dienone is 1. The minimum Gasteiger partial charge on any atom is -0.462 e. The minimum atomic E-state index is -0.445. The second-order valence-corrected chi connectivity index (χ2v) is 8.40. The zero-order chi connectivity index (χ0) is 23.6. The molecule has 6 nitrogen and oxygen atoms in total. The Labute approximate surface area is 195 Å². The van der Waals surface area contributed by atoms with Crippen LogP contribution in [0, 0.1) is 5.92 Å². The van der Waals surface area contributed by atoms with Crippen LogP contribution in [-0.2, 0) is 20.7 Å². The van der Waals surface area contributed by atoms with Gasteiger partial charge in [-0.25, -0.2) is 9.59 Å². The molecule has 1 saturated carbocycles. The maximum Gasteiger partial charge on any atom is 0.338 e. The van der Waals surface area contributed by atoms with E-state index in [1.54, 1.807) is 42.5 Å². The quantitative estimate of drug-likeness (QED) is 0.244. The molecule has 3 rings (SSSR count). The normalized spacial score (nSPS) is 18.1. The Bertz CT molecular complexity index is 990. The van der Waals surface area contributed by atoms with Gasteiger partial charge in [0.15, 0.2) is 0 Å². The first kappa shape index (κ1) is 24.1. The van der Waals surface area contributed by atoms with Gasteiger partial charge in [0.25, 0.3) is 0 Å². The molecule has 6 heteroatoms. The van der Waals surface area contributed by atoms with Crippen LogP contribution in [0.5, 0.6) is 0 Å². The maximum absolute atomic E-state index is 12.4. The molecule has 0 atom stereocenters. The molecule has 0 radical (unpaired) electrons. The van der Waals surface area contributed by atoms with E-state index in [9.17, 15) is 9.59 Å². The summed E-state index contributed by atoms with van der Waals surface area (Å²) in [5.74, 6) is -0.0929. The molecule has 0 aromatic heterocycles. The number of benzene rings is 2. The zero-order valence-corrected chi connectivity index (χ0v) is 18.9. The molecule has 2 aromatic carbocycles. The number of ether oxygens (including phenoxy) is 2. The Morgan fingerprint density at radius 2 is 1.76 bits per heavy atom. The summed E-state index contributed by atoms with van der Waals surface area (Å²) in [4.78, 5) is 24.4. The molecule has 4 N–H and O–H groups in total. The van der Waals surface area contributed by atoms with E-state index in [2.05, 4.69) is 6.58 Å². The third kappa shape index (κ3) is 7.52. The first-order valence-electron chi connectivity index (χ1n) is 11.3. The SMILES string of the molecule is C=CCC1CCC(OC(=O)c2ccc(C=CC(=O)OCCc3ccc(N)cc3N)cc2)CC1. The van der Waals surface area contributed by atoms with Crippen LogP contribution in [-0.4, -0.2) is 24.6 Å². The van der Waals surface area contributed by atoms with Crippen LogP contribution in [0.15, 0.2) is 61.2 Å². The molecule has 0 aliphatic heterocycles. The highest BCUT2D eigenvalue weighted by Gasteiger charge is 2.23.